The van der Waals surface area contributed by atoms with E-state index < -0.39 is 30.0 Å². The standard InChI is InChI=1S/C22H18F3NO3/c1-15(27)11-21(28)29-20(13-18(14-26)17-5-3-2-4-6-17)12-16-7-9-19(10-8-16)22(23,24)25/h2-10,12,18H,11,13H2,1H3/b20-12-. The molecule has 0 saturated heterocycles. The number of allylic oxidation sites excluding steroid dienone is 1. The van der Waals surface area contributed by atoms with Crippen LogP contribution in [0.2, 0.25) is 0 Å². The maximum atomic E-state index is 12.7. The van der Waals surface area contributed by atoms with Crippen molar-refractivity contribution in [3.05, 3.63) is 77.0 Å². The van der Waals surface area contributed by atoms with E-state index in [1.165, 1.54) is 25.1 Å². The van der Waals surface area contributed by atoms with Crippen molar-refractivity contribution in [2.75, 3.05) is 0 Å². The minimum absolute atomic E-state index is 0.0190. The van der Waals surface area contributed by atoms with Gasteiger partial charge in [-0.1, -0.05) is 42.5 Å². The van der Waals surface area contributed by atoms with Crippen LogP contribution in [0.15, 0.2) is 60.4 Å². The highest BCUT2D eigenvalue weighted by atomic mass is 19.4. The molecule has 0 heterocycles. The molecule has 0 N–H and O–H groups in total. The number of Topliss-reactive ketones (excluding diaryl/α,β-unsaturated/α-hetero) is 1. The topological polar surface area (TPSA) is 67.2 Å². The summed E-state index contributed by atoms with van der Waals surface area (Å²) in [7, 11) is 0. The monoisotopic (exact) mass is 401 g/mol. The number of benzene rings is 2. The van der Waals surface area contributed by atoms with Gasteiger partial charge in [0, 0.05) is 6.42 Å². The van der Waals surface area contributed by atoms with Crippen LogP contribution in [0.3, 0.4) is 0 Å². The zero-order chi connectivity index (χ0) is 21.4. The second kappa shape index (κ2) is 9.69. The largest absolute Gasteiger partial charge is 0.431 e. The van der Waals surface area contributed by atoms with Gasteiger partial charge in [-0.2, -0.15) is 18.4 Å². The van der Waals surface area contributed by atoms with Crippen molar-refractivity contribution >= 4 is 17.8 Å². The third-order valence-corrected chi connectivity index (χ3v) is 3.97. The second-order valence-corrected chi connectivity index (χ2v) is 6.38. The summed E-state index contributed by atoms with van der Waals surface area (Å²) < 4.78 is 43.4. The minimum atomic E-state index is -4.46. The molecule has 0 radical (unpaired) electrons. The van der Waals surface area contributed by atoms with Gasteiger partial charge in [0.15, 0.2) is 0 Å². The average molecular weight is 401 g/mol. The number of halogens is 3. The second-order valence-electron chi connectivity index (χ2n) is 6.38. The van der Waals surface area contributed by atoms with E-state index >= 15 is 0 Å². The Kier molecular flexibility index (Phi) is 7.32. The van der Waals surface area contributed by atoms with Crippen molar-refractivity contribution < 1.29 is 27.5 Å². The summed E-state index contributed by atoms with van der Waals surface area (Å²) >= 11 is 0. The molecule has 29 heavy (non-hydrogen) atoms. The zero-order valence-electron chi connectivity index (χ0n) is 15.6. The Morgan fingerprint density at radius 2 is 1.72 bits per heavy atom. The van der Waals surface area contributed by atoms with Crippen molar-refractivity contribution in [1.29, 1.82) is 5.26 Å². The van der Waals surface area contributed by atoms with Crippen molar-refractivity contribution in [2.24, 2.45) is 0 Å². The predicted molar refractivity (Wildman–Crippen MR) is 100 cm³/mol. The van der Waals surface area contributed by atoms with Gasteiger partial charge in [-0.05, 0) is 36.3 Å². The zero-order valence-corrected chi connectivity index (χ0v) is 15.6. The number of hydrogen-bond acceptors (Lipinski definition) is 4. The number of esters is 1. The maximum Gasteiger partial charge on any atom is 0.416 e. The number of nitriles is 1. The Balaban J connectivity index is 2.31. The highest BCUT2D eigenvalue weighted by Crippen LogP contribution is 2.30. The van der Waals surface area contributed by atoms with E-state index in [1.807, 2.05) is 0 Å². The van der Waals surface area contributed by atoms with Gasteiger partial charge in [0.1, 0.15) is 18.0 Å². The van der Waals surface area contributed by atoms with Crippen LogP contribution < -0.4 is 0 Å². The Hall–Kier alpha value is -3.40. The fourth-order valence-corrected chi connectivity index (χ4v) is 2.59. The lowest BCUT2D eigenvalue weighted by Gasteiger charge is -2.13. The Bertz CT molecular complexity index is 927. The molecular weight excluding hydrogens is 383 g/mol. The highest BCUT2D eigenvalue weighted by molar-refractivity contribution is 5.94. The van der Waals surface area contributed by atoms with E-state index in [0.29, 0.717) is 11.1 Å². The van der Waals surface area contributed by atoms with Crippen LogP contribution >= 0.6 is 0 Å². The Labute approximate surface area is 166 Å². The minimum Gasteiger partial charge on any atom is -0.431 e. The quantitative estimate of drug-likeness (QED) is 0.360. The number of nitrogens with zero attached hydrogens (tertiary/aromatic N) is 1. The summed E-state index contributed by atoms with van der Waals surface area (Å²) in [5, 5.41) is 9.50. The van der Waals surface area contributed by atoms with Gasteiger partial charge < -0.3 is 4.74 Å². The summed E-state index contributed by atoms with van der Waals surface area (Å²) in [6, 6.07) is 15.3. The average Bonchev–Trinajstić information content (AvgIpc) is 2.65. The van der Waals surface area contributed by atoms with Gasteiger partial charge in [-0.3, -0.25) is 9.59 Å². The van der Waals surface area contributed by atoms with Crippen LogP contribution in [0, 0.1) is 11.3 Å². The van der Waals surface area contributed by atoms with E-state index in [9.17, 15) is 28.0 Å². The van der Waals surface area contributed by atoms with Crippen LogP contribution in [0.4, 0.5) is 13.2 Å². The molecule has 7 heteroatoms. The number of ketones is 1. The first-order valence-electron chi connectivity index (χ1n) is 8.71. The Morgan fingerprint density at radius 1 is 1.10 bits per heavy atom. The predicted octanol–water partition coefficient (Wildman–Crippen LogP) is 5.27. The number of carbonyl (C=O) groups excluding carboxylic acids is 2. The third kappa shape index (κ3) is 6.92. The molecule has 150 valence electrons. The maximum absolute atomic E-state index is 12.7. The molecule has 1 unspecified atom stereocenters. The van der Waals surface area contributed by atoms with Gasteiger partial charge in [0.25, 0.3) is 0 Å². The molecule has 0 spiro atoms. The first-order valence-corrected chi connectivity index (χ1v) is 8.71. The number of alkyl halides is 3. The van der Waals surface area contributed by atoms with Crippen LogP contribution in [0.5, 0.6) is 0 Å². The van der Waals surface area contributed by atoms with Crippen LogP contribution in [0.1, 0.15) is 42.4 Å². The number of rotatable bonds is 7. The molecule has 0 bridgehead atoms. The molecule has 0 aliphatic heterocycles. The summed E-state index contributed by atoms with van der Waals surface area (Å²) in [6.07, 6.45) is -3.48. The van der Waals surface area contributed by atoms with Crippen molar-refractivity contribution in [2.45, 2.75) is 31.9 Å². The molecule has 0 aromatic heterocycles. The van der Waals surface area contributed by atoms with Crippen molar-refractivity contribution in [3.8, 4) is 6.07 Å². The first-order chi connectivity index (χ1) is 13.7. The lowest BCUT2D eigenvalue weighted by molar-refractivity contribution is -0.142. The highest BCUT2D eigenvalue weighted by Gasteiger charge is 2.29. The van der Waals surface area contributed by atoms with E-state index in [1.54, 1.807) is 30.3 Å². The molecule has 0 amide bonds. The number of hydrogen-bond donors (Lipinski definition) is 0. The molecule has 0 saturated carbocycles. The van der Waals surface area contributed by atoms with Gasteiger partial charge in [-0.25, -0.2) is 0 Å². The van der Waals surface area contributed by atoms with Crippen molar-refractivity contribution in [1.82, 2.24) is 0 Å². The molecular formula is C22H18F3NO3. The van der Waals surface area contributed by atoms with E-state index in [2.05, 4.69) is 6.07 Å². The molecule has 1 atom stereocenters. The lowest BCUT2D eigenvalue weighted by Crippen LogP contribution is -2.10. The van der Waals surface area contributed by atoms with Crippen LogP contribution in [-0.2, 0) is 20.5 Å². The fourth-order valence-electron chi connectivity index (χ4n) is 2.59. The summed E-state index contributed by atoms with van der Waals surface area (Å²) in [5.41, 5.74) is 0.272. The Morgan fingerprint density at radius 3 is 2.24 bits per heavy atom. The SMILES string of the molecule is CC(=O)CC(=O)O/C(=C\c1ccc(C(F)(F)F)cc1)CC(C#N)c1ccccc1. The molecule has 0 fully saturated rings. The smallest absolute Gasteiger partial charge is 0.416 e. The van der Waals surface area contributed by atoms with E-state index in [0.717, 1.165) is 12.1 Å². The normalized spacial score (nSPS) is 12.7. The molecule has 2 aromatic rings. The summed E-state index contributed by atoms with van der Waals surface area (Å²) in [5.74, 6) is -1.72. The van der Waals surface area contributed by atoms with E-state index in [-0.39, 0.29) is 18.0 Å². The third-order valence-electron chi connectivity index (χ3n) is 3.97. The van der Waals surface area contributed by atoms with Gasteiger partial charge in [-0.15, -0.1) is 0 Å². The van der Waals surface area contributed by atoms with Crippen molar-refractivity contribution in [3.63, 3.8) is 0 Å². The molecule has 0 aliphatic rings. The number of ether oxygens (including phenoxy) is 1. The molecule has 4 nitrogen and oxygen atoms in total. The van der Waals surface area contributed by atoms with Gasteiger partial charge >= 0.3 is 12.1 Å². The number of carbonyl (C=O) groups is 2. The summed E-state index contributed by atoms with van der Waals surface area (Å²) in [6.45, 7) is 1.24. The first kappa shape index (κ1) is 21.9. The van der Waals surface area contributed by atoms with E-state index in [4.69, 9.17) is 4.74 Å². The lowest BCUT2D eigenvalue weighted by atomic mass is 9.95. The fraction of sp³-hybridized carbons (Fsp3) is 0.227. The molecule has 2 rings (SSSR count). The van der Waals surface area contributed by atoms with Gasteiger partial charge in [0.05, 0.1) is 17.6 Å². The summed E-state index contributed by atoms with van der Waals surface area (Å²) in [4.78, 5) is 23.1. The molecule has 2 aromatic carbocycles. The van der Waals surface area contributed by atoms with Gasteiger partial charge in [0.2, 0.25) is 0 Å². The molecule has 0 aliphatic carbocycles. The van der Waals surface area contributed by atoms with Crippen LogP contribution in [-0.4, -0.2) is 11.8 Å². The van der Waals surface area contributed by atoms with Crippen LogP contribution in [0.25, 0.3) is 6.08 Å².